The van der Waals surface area contributed by atoms with Gasteiger partial charge in [-0.2, -0.15) is 5.06 Å². The Bertz CT molecular complexity index is 218. The van der Waals surface area contributed by atoms with Crippen LogP contribution in [0.5, 0.6) is 0 Å². The first-order valence-electron chi connectivity index (χ1n) is 5.56. The van der Waals surface area contributed by atoms with Gasteiger partial charge in [-0.3, -0.25) is 0 Å². The Morgan fingerprint density at radius 2 is 1.36 bits per heavy atom. The fraction of sp³-hybridized carbons (Fsp3) is 1.00. The molecule has 0 atom stereocenters. The van der Waals surface area contributed by atoms with Crippen molar-refractivity contribution in [3.05, 3.63) is 0 Å². The zero-order chi connectivity index (χ0) is 11.2. The topological polar surface area (TPSA) is 23.5 Å². The van der Waals surface area contributed by atoms with Crippen LogP contribution in [0.3, 0.4) is 0 Å². The monoisotopic (exact) mass is 199 g/mol. The van der Waals surface area contributed by atoms with Crippen LogP contribution in [0.15, 0.2) is 0 Å². The summed E-state index contributed by atoms with van der Waals surface area (Å²) in [7, 11) is 0. The van der Waals surface area contributed by atoms with Gasteiger partial charge < -0.3 is 5.21 Å². The van der Waals surface area contributed by atoms with Crippen molar-refractivity contribution in [3.8, 4) is 0 Å². The lowest BCUT2D eigenvalue weighted by atomic mass is 9.78. The molecule has 0 aromatic carbocycles. The van der Waals surface area contributed by atoms with Gasteiger partial charge in [-0.25, -0.2) is 0 Å². The molecule has 14 heavy (non-hydrogen) atoms. The van der Waals surface area contributed by atoms with Crippen LogP contribution < -0.4 is 0 Å². The van der Waals surface area contributed by atoms with E-state index in [1.807, 2.05) is 0 Å². The van der Waals surface area contributed by atoms with E-state index in [1.54, 1.807) is 5.06 Å². The second-order valence-electron chi connectivity index (χ2n) is 6.78. The number of rotatable bonds is 0. The van der Waals surface area contributed by atoms with Gasteiger partial charge in [-0.15, -0.1) is 0 Å². The molecule has 0 aromatic heterocycles. The summed E-state index contributed by atoms with van der Waals surface area (Å²) in [4.78, 5) is 0. The third kappa shape index (κ3) is 2.29. The molecule has 84 valence electrons. The van der Waals surface area contributed by atoms with Crippen LogP contribution in [-0.2, 0) is 0 Å². The number of hydroxylamine groups is 2. The fourth-order valence-electron chi connectivity index (χ4n) is 2.90. The van der Waals surface area contributed by atoms with Gasteiger partial charge in [0.1, 0.15) is 0 Å². The molecule has 0 unspecified atom stereocenters. The molecule has 0 aliphatic carbocycles. The Balaban J connectivity index is 2.98. The van der Waals surface area contributed by atoms with Gasteiger partial charge in [-0.1, -0.05) is 13.8 Å². The Labute approximate surface area is 88.3 Å². The first-order valence-corrected chi connectivity index (χ1v) is 5.56. The fourth-order valence-corrected chi connectivity index (χ4v) is 2.90. The minimum Gasteiger partial charge on any atom is -0.313 e. The maximum Gasteiger partial charge on any atom is 0.0415 e. The summed E-state index contributed by atoms with van der Waals surface area (Å²) in [5, 5.41) is 11.8. The molecular weight excluding hydrogens is 174 g/mol. The summed E-state index contributed by atoms with van der Waals surface area (Å²) in [5.74, 6) is 0. The Hall–Kier alpha value is -0.0800. The van der Waals surface area contributed by atoms with Gasteiger partial charge in [0.2, 0.25) is 0 Å². The first kappa shape index (κ1) is 12.0. The van der Waals surface area contributed by atoms with Crippen LogP contribution in [0.1, 0.15) is 60.8 Å². The Kier molecular flexibility index (Phi) is 2.75. The van der Waals surface area contributed by atoms with Crippen LogP contribution in [0, 0.1) is 5.41 Å². The predicted molar refractivity (Wildman–Crippen MR) is 59.4 cm³/mol. The van der Waals surface area contributed by atoms with E-state index in [2.05, 4.69) is 41.5 Å². The molecule has 1 fully saturated rings. The highest BCUT2D eigenvalue weighted by molar-refractivity contribution is 4.95. The third-order valence-corrected chi connectivity index (χ3v) is 3.47. The van der Waals surface area contributed by atoms with Gasteiger partial charge >= 0.3 is 0 Å². The van der Waals surface area contributed by atoms with Crippen LogP contribution in [0.25, 0.3) is 0 Å². The second-order valence-corrected chi connectivity index (χ2v) is 6.78. The molecule has 1 aliphatic rings. The highest BCUT2D eigenvalue weighted by Gasteiger charge is 2.44. The van der Waals surface area contributed by atoms with E-state index >= 15 is 0 Å². The van der Waals surface area contributed by atoms with Crippen LogP contribution >= 0.6 is 0 Å². The Morgan fingerprint density at radius 3 is 1.86 bits per heavy atom. The summed E-state index contributed by atoms with van der Waals surface area (Å²) in [5.41, 5.74) is 0.110. The smallest absolute Gasteiger partial charge is 0.0415 e. The highest BCUT2D eigenvalue weighted by atomic mass is 16.5. The lowest BCUT2D eigenvalue weighted by Crippen LogP contribution is -2.52. The molecule has 0 radical (unpaired) electrons. The third-order valence-electron chi connectivity index (χ3n) is 3.47. The van der Waals surface area contributed by atoms with Gasteiger partial charge in [0, 0.05) is 11.1 Å². The molecular formula is C12H25NO. The van der Waals surface area contributed by atoms with Gasteiger partial charge in [0.25, 0.3) is 0 Å². The van der Waals surface area contributed by atoms with Crippen LogP contribution in [0.4, 0.5) is 0 Å². The lowest BCUT2D eigenvalue weighted by molar-refractivity contribution is -0.222. The zero-order valence-electron chi connectivity index (χ0n) is 10.5. The van der Waals surface area contributed by atoms with Gasteiger partial charge in [-0.05, 0) is 52.4 Å². The van der Waals surface area contributed by atoms with E-state index in [0.717, 1.165) is 12.8 Å². The first-order chi connectivity index (χ1) is 6.07. The van der Waals surface area contributed by atoms with Crippen molar-refractivity contribution in [1.82, 2.24) is 5.06 Å². The number of hydrogen-bond donors (Lipinski definition) is 1. The average molecular weight is 199 g/mol. The van der Waals surface area contributed by atoms with Crippen LogP contribution in [0.2, 0.25) is 0 Å². The van der Waals surface area contributed by atoms with Gasteiger partial charge in [0.05, 0.1) is 0 Å². The summed E-state index contributed by atoms with van der Waals surface area (Å²) in [6.45, 7) is 13.1. The molecule has 0 saturated carbocycles. The Morgan fingerprint density at radius 1 is 0.857 bits per heavy atom. The highest BCUT2D eigenvalue weighted by Crippen LogP contribution is 2.43. The lowest BCUT2D eigenvalue weighted by Gasteiger charge is -2.42. The standard InChI is InChI=1S/C12H25NO/c1-10(2)7-8-11(3,4)13(14)12(5,6)9-10/h14H,7-9H2,1-6H3. The molecule has 0 aromatic rings. The maximum absolute atomic E-state index is 10.2. The van der Waals surface area contributed by atoms with Crippen molar-refractivity contribution in [3.63, 3.8) is 0 Å². The van der Waals surface area contributed by atoms with Gasteiger partial charge in [0.15, 0.2) is 0 Å². The SMILES string of the molecule is CC1(C)CCC(C)(C)N(O)C(C)(C)C1. The molecule has 1 heterocycles. The minimum absolute atomic E-state index is 0.0999. The summed E-state index contributed by atoms with van der Waals surface area (Å²) in [6.07, 6.45) is 3.28. The van der Waals surface area contributed by atoms with Crippen molar-refractivity contribution >= 4 is 0 Å². The molecule has 1 saturated heterocycles. The van der Waals surface area contributed by atoms with Crippen molar-refractivity contribution < 1.29 is 5.21 Å². The largest absolute Gasteiger partial charge is 0.313 e. The molecule has 2 nitrogen and oxygen atoms in total. The summed E-state index contributed by atoms with van der Waals surface area (Å²) < 4.78 is 0. The normalized spacial score (nSPS) is 31.1. The quantitative estimate of drug-likeness (QED) is 0.646. The zero-order valence-corrected chi connectivity index (χ0v) is 10.5. The van der Waals surface area contributed by atoms with E-state index in [1.165, 1.54) is 6.42 Å². The maximum atomic E-state index is 10.2. The average Bonchev–Trinajstić information content (AvgIpc) is 2.01. The summed E-state index contributed by atoms with van der Waals surface area (Å²) in [6, 6.07) is 0. The number of hydrogen-bond acceptors (Lipinski definition) is 2. The van der Waals surface area contributed by atoms with E-state index in [9.17, 15) is 5.21 Å². The van der Waals surface area contributed by atoms with Crippen molar-refractivity contribution in [2.45, 2.75) is 71.9 Å². The number of nitrogens with zero attached hydrogens (tertiary/aromatic N) is 1. The molecule has 0 spiro atoms. The van der Waals surface area contributed by atoms with Crippen LogP contribution in [-0.4, -0.2) is 21.3 Å². The molecule has 1 rings (SSSR count). The molecule has 1 aliphatic heterocycles. The van der Waals surface area contributed by atoms with E-state index < -0.39 is 0 Å². The molecule has 0 bridgehead atoms. The van der Waals surface area contributed by atoms with Crippen molar-refractivity contribution in [2.75, 3.05) is 0 Å². The van der Waals surface area contributed by atoms with E-state index in [0.29, 0.717) is 5.41 Å². The molecule has 2 heteroatoms. The second kappa shape index (κ2) is 3.21. The van der Waals surface area contributed by atoms with Crippen molar-refractivity contribution in [2.24, 2.45) is 5.41 Å². The van der Waals surface area contributed by atoms with Crippen molar-refractivity contribution in [1.29, 1.82) is 0 Å². The summed E-state index contributed by atoms with van der Waals surface area (Å²) >= 11 is 0. The van der Waals surface area contributed by atoms with E-state index in [4.69, 9.17) is 0 Å². The van der Waals surface area contributed by atoms with E-state index in [-0.39, 0.29) is 11.1 Å². The minimum atomic E-state index is -0.122. The predicted octanol–water partition coefficient (Wildman–Crippen LogP) is 3.44. The molecule has 1 N–H and O–H groups in total. The molecule has 0 amide bonds.